The van der Waals surface area contributed by atoms with E-state index in [0.29, 0.717) is 11.8 Å². The number of aliphatic carboxylic acids is 1. The molecule has 2 N–H and O–H groups in total. The number of nitrogens with zero attached hydrogens (tertiary/aromatic N) is 1. The van der Waals surface area contributed by atoms with Crippen LogP contribution in [0.15, 0.2) is 0 Å². The van der Waals surface area contributed by atoms with Crippen molar-refractivity contribution < 1.29 is 116 Å². The second-order valence-electron chi connectivity index (χ2n) is 1.16. The predicted octanol–water partition coefficient (Wildman–Crippen LogP) is -4.81. The van der Waals surface area contributed by atoms with Gasteiger partial charge in [-0.15, -0.1) is 0 Å². The number of nitriles is 1. The number of thioether (sulfide) groups is 2. The monoisotopic (exact) mass is 256 g/mol. The van der Waals surface area contributed by atoms with E-state index < -0.39 is 5.97 Å². The van der Waals surface area contributed by atoms with Gasteiger partial charge in [0.25, 0.3) is 0 Å². The zero-order valence-corrected chi connectivity index (χ0v) is 14.7. The smallest absolute Gasteiger partial charge is 1.00 e. The van der Waals surface area contributed by atoms with Gasteiger partial charge in [-0.25, -0.2) is 0 Å². The van der Waals surface area contributed by atoms with Gasteiger partial charge in [-0.05, 0) is 0 Å². The molecule has 0 aromatic heterocycles. The molecule has 0 atom stereocenters. The van der Waals surface area contributed by atoms with Crippen molar-refractivity contribution in [3.8, 4) is 5.40 Å². The Hall–Kier alpha value is 2.60. The zero-order valence-electron chi connectivity index (χ0n) is 8.83. The van der Waals surface area contributed by atoms with E-state index in [4.69, 9.17) is 15.8 Å². The van der Waals surface area contributed by atoms with E-state index in [1.54, 1.807) is 5.40 Å². The SMILES string of the molecule is N#CSC(=N)SCC(=O)O.[H-].[H-].[K+].[K+]. The molecule has 0 bridgehead atoms. The predicted molar refractivity (Wildman–Crippen MR) is 43.2 cm³/mol. The average Bonchev–Trinajstić information content (AvgIpc) is 1.85. The Balaban J connectivity index is -0.0000000675. The van der Waals surface area contributed by atoms with Crippen LogP contribution in [-0.4, -0.2) is 21.2 Å². The second-order valence-corrected chi connectivity index (χ2v) is 3.20. The zero-order chi connectivity index (χ0) is 7.98. The maximum absolute atomic E-state index is 9.90. The van der Waals surface area contributed by atoms with Gasteiger partial charge in [0.2, 0.25) is 0 Å². The van der Waals surface area contributed by atoms with Crippen LogP contribution in [0.25, 0.3) is 0 Å². The fourth-order valence-corrected chi connectivity index (χ4v) is 1.06. The Morgan fingerprint density at radius 3 is 2.50 bits per heavy atom. The maximum atomic E-state index is 9.90. The summed E-state index contributed by atoms with van der Waals surface area (Å²) in [6.45, 7) is 0. The molecule has 8 heteroatoms. The number of thiocyanates is 1. The topological polar surface area (TPSA) is 84.9 Å². The number of hydrogen-bond acceptors (Lipinski definition) is 5. The number of carbonyl (C=O) groups is 1. The van der Waals surface area contributed by atoms with Crippen molar-refractivity contribution in [2.75, 3.05) is 5.75 Å². The van der Waals surface area contributed by atoms with Gasteiger partial charge in [0, 0.05) is 11.8 Å². The minimum absolute atomic E-state index is 0. The summed E-state index contributed by atoms with van der Waals surface area (Å²) < 4.78 is 0.0184. The van der Waals surface area contributed by atoms with Crippen LogP contribution in [0, 0.1) is 16.1 Å². The molecule has 0 unspecified atom stereocenters. The first kappa shape index (κ1) is 20.1. The Morgan fingerprint density at radius 1 is 1.67 bits per heavy atom. The van der Waals surface area contributed by atoms with Gasteiger partial charge in [0.15, 0.2) is 0 Å². The molecule has 0 saturated carbocycles. The largest absolute Gasteiger partial charge is 1.00 e. The van der Waals surface area contributed by atoms with Crippen molar-refractivity contribution in [1.29, 1.82) is 10.7 Å². The van der Waals surface area contributed by atoms with Crippen molar-refractivity contribution in [2.24, 2.45) is 0 Å². The standard InChI is InChI=1S/C4H4N2O2S2.2K.2H/c5-2-10-4(6)9-1-3(7)8;;;;/h6H,1H2,(H,7,8);;;;/q;2*+1;2*-1. The maximum Gasteiger partial charge on any atom is 1.00 e. The fourth-order valence-electron chi connectivity index (χ4n) is 0.198. The van der Waals surface area contributed by atoms with E-state index >= 15 is 0 Å². The summed E-state index contributed by atoms with van der Waals surface area (Å²) in [7, 11) is 0. The Kier molecular flexibility index (Phi) is 22.8. The molecule has 0 saturated heterocycles. The summed E-state index contributed by atoms with van der Waals surface area (Å²) in [5.74, 6) is -1.14. The van der Waals surface area contributed by atoms with Crippen molar-refractivity contribution in [3.05, 3.63) is 0 Å². The number of rotatable bonds is 2. The third kappa shape index (κ3) is 15.1. The van der Waals surface area contributed by atoms with Gasteiger partial charge >= 0.3 is 109 Å². The van der Waals surface area contributed by atoms with Crippen LogP contribution in [0.5, 0.6) is 0 Å². The molecular weight excluding hydrogens is 250 g/mol. The first-order valence-electron chi connectivity index (χ1n) is 2.16. The number of carboxylic acids is 1. The van der Waals surface area contributed by atoms with E-state index in [0.717, 1.165) is 11.8 Å². The van der Waals surface area contributed by atoms with E-state index in [9.17, 15) is 4.79 Å². The summed E-state index contributed by atoms with van der Waals surface area (Å²) in [5, 5.41) is 24.7. The van der Waals surface area contributed by atoms with E-state index in [-0.39, 0.29) is 116 Å². The summed E-state index contributed by atoms with van der Waals surface area (Å²) in [6, 6.07) is 0. The van der Waals surface area contributed by atoms with Crippen LogP contribution < -0.4 is 103 Å². The van der Waals surface area contributed by atoms with Crippen molar-refractivity contribution in [1.82, 2.24) is 0 Å². The summed E-state index contributed by atoms with van der Waals surface area (Å²) >= 11 is 1.50. The summed E-state index contributed by atoms with van der Waals surface area (Å²) in [5.41, 5.74) is 0. The molecule has 0 aromatic rings. The van der Waals surface area contributed by atoms with Gasteiger partial charge in [-0.1, -0.05) is 11.8 Å². The molecule has 0 aliphatic carbocycles. The van der Waals surface area contributed by atoms with Gasteiger partial charge in [-0.2, -0.15) is 5.26 Å². The van der Waals surface area contributed by atoms with E-state index in [1.165, 1.54) is 0 Å². The molecular formula is C4H6K2N2O2S2. The van der Waals surface area contributed by atoms with Crippen LogP contribution >= 0.6 is 23.5 Å². The number of hydrogen-bond donors (Lipinski definition) is 2. The Labute approximate surface area is 167 Å². The first-order chi connectivity index (χ1) is 4.66. The van der Waals surface area contributed by atoms with Crippen molar-refractivity contribution >= 4 is 33.9 Å². The third-order valence-electron chi connectivity index (χ3n) is 0.465. The van der Waals surface area contributed by atoms with Crippen molar-refractivity contribution in [2.45, 2.75) is 0 Å². The quantitative estimate of drug-likeness (QED) is 0.224. The number of nitrogens with one attached hydrogen (secondary N) is 1. The third-order valence-corrected chi connectivity index (χ3v) is 2.00. The van der Waals surface area contributed by atoms with Gasteiger partial charge in [-0.3, -0.25) is 10.2 Å². The molecule has 0 radical (unpaired) electrons. The molecule has 0 fully saturated rings. The average molecular weight is 256 g/mol. The van der Waals surface area contributed by atoms with Gasteiger partial charge in [0.1, 0.15) is 9.78 Å². The number of carboxylic acid groups (broad SMARTS) is 1. The molecule has 0 spiro atoms. The minimum Gasteiger partial charge on any atom is -1.00 e. The van der Waals surface area contributed by atoms with Crippen LogP contribution in [0.4, 0.5) is 0 Å². The molecule has 0 aromatic carbocycles. The Morgan fingerprint density at radius 2 is 2.17 bits per heavy atom. The van der Waals surface area contributed by atoms with Crippen LogP contribution in [0.2, 0.25) is 0 Å². The van der Waals surface area contributed by atoms with E-state index in [1.807, 2.05) is 0 Å². The first-order valence-corrected chi connectivity index (χ1v) is 3.96. The van der Waals surface area contributed by atoms with Crippen molar-refractivity contribution in [3.63, 3.8) is 0 Å². The summed E-state index contributed by atoms with van der Waals surface area (Å²) in [6.07, 6.45) is 0. The molecule has 0 amide bonds. The normalized spacial score (nSPS) is 6.92. The van der Waals surface area contributed by atoms with Crippen LogP contribution in [0.3, 0.4) is 0 Å². The summed E-state index contributed by atoms with van der Waals surface area (Å²) in [4.78, 5) is 9.90. The molecule has 0 aliphatic rings. The van der Waals surface area contributed by atoms with Crippen LogP contribution in [-0.2, 0) is 4.79 Å². The minimum atomic E-state index is -0.978. The Bertz CT molecular complexity index is 202. The molecule has 58 valence electrons. The van der Waals surface area contributed by atoms with Gasteiger partial charge < -0.3 is 7.96 Å². The molecule has 4 nitrogen and oxygen atoms in total. The fraction of sp³-hybridized carbons (Fsp3) is 0.250. The molecule has 0 rings (SSSR count). The van der Waals surface area contributed by atoms with E-state index in [2.05, 4.69) is 0 Å². The second kappa shape index (κ2) is 13.6. The molecule has 0 heterocycles. The van der Waals surface area contributed by atoms with Crippen LogP contribution in [0.1, 0.15) is 2.85 Å². The van der Waals surface area contributed by atoms with Gasteiger partial charge in [0.05, 0.1) is 5.75 Å². The molecule has 0 aliphatic heterocycles. The molecule has 12 heavy (non-hydrogen) atoms.